The molecule has 4 fully saturated rings. The van der Waals surface area contributed by atoms with E-state index in [2.05, 4.69) is 0 Å². The van der Waals surface area contributed by atoms with Crippen molar-refractivity contribution in [2.24, 2.45) is 11.8 Å². The van der Waals surface area contributed by atoms with Crippen LogP contribution in [0, 0.1) is 11.8 Å². The second kappa shape index (κ2) is 3.72. The van der Waals surface area contributed by atoms with Gasteiger partial charge in [-0.15, -0.1) is 0 Å². The van der Waals surface area contributed by atoms with Crippen molar-refractivity contribution in [1.29, 1.82) is 0 Å². The van der Waals surface area contributed by atoms with Crippen molar-refractivity contribution in [2.75, 3.05) is 0 Å². The summed E-state index contributed by atoms with van der Waals surface area (Å²) >= 11 is 0. The van der Waals surface area contributed by atoms with Crippen molar-refractivity contribution in [3.8, 4) is 0 Å². The van der Waals surface area contributed by atoms with Crippen LogP contribution in [-0.4, -0.2) is 17.0 Å². The fraction of sp³-hybridized carbons (Fsp3) is 1.00. The molecule has 3 heteroatoms. The highest BCUT2D eigenvalue weighted by molar-refractivity contribution is 4.99. The van der Waals surface area contributed by atoms with Gasteiger partial charge in [0.2, 0.25) is 5.79 Å². The predicted molar refractivity (Wildman–Crippen MR) is 54.8 cm³/mol. The summed E-state index contributed by atoms with van der Waals surface area (Å²) in [4.78, 5) is 10.8. The van der Waals surface area contributed by atoms with E-state index < -0.39 is 5.79 Å². The van der Waals surface area contributed by atoms with Gasteiger partial charge in [-0.1, -0.05) is 19.3 Å². The van der Waals surface area contributed by atoms with Crippen molar-refractivity contribution >= 4 is 0 Å². The molecule has 4 saturated carbocycles. The number of hydrogen-bond donors (Lipinski definition) is 1. The molecule has 0 heterocycles. The van der Waals surface area contributed by atoms with Crippen LogP contribution in [0.2, 0.25) is 0 Å². The van der Waals surface area contributed by atoms with Crippen LogP contribution in [0.25, 0.3) is 0 Å². The van der Waals surface area contributed by atoms with Crippen molar-refractivity contribution in [3.05, 3.63) is 0 Å². The number of rotatable bonds is 3. The third-order valence-electron chi connectivity index (χ3n) is 4.34. The maximum Gasteiger partial charge on any atom is 0.202 e. The molecule has 2 bridgehead atoms. The van der Waals surface area contributed by atoms with Crippen LogP contribution < -0.4 is 0 Å². The lowest BCUT2D eigenvalue weighted by molar-refractivity contribution is -0.444. The average Bonchev–Trinajstić information content (AvgIpc) is 2.69. The highest BCUT2D eigenvalue weighted by Gasteiger charge is 2.56. The van der Waals surface area contributed by atoms with Crippen molar-refractivity contribution in [1.82, 2.24) is 0 Å². The highest BCUT2D eigenvalue weighted by atomic mass is 17.2. The zero-order valence-electron chi connectivity index (χ0n) is 9.15. The van der Waals surface area contributed by atoms with Crippen LogP contribution in [0.3, 0.4) is 0 Å². The van der Waals surface area contributed by atoms with E-state index in [0.29, 0.717) is 11.8 Å². The fourth-order valence-corrected chi connectivity index (χ4v) is 3.27. The number of aliphatic hydroxyl groups is 1. The average molecular weight is 212 g/mol. The molecular formula is C12H20O3. The largest absolute Gasteiger partial charge is 0.363 e. The van der Waals surface area contributed by atoms with Gasteiger partial charge in [0.1, 0.15) is 0 Å². The standard InChI is InChI=1S/C12H20O3/c13-12(8-9-6-10(12)7-9)15-14-11-4-2-1-3-5-11/h9-11,13H,1-8H2. The smallest absolute Gasteiger partial charge is 0.202 e. The Labute approximate surface area is 90.7 Å². The molecular weight excluding hydrogens is 192 g/mol. The first kappa shape index (κ1) is 10.1. The van der Waals surface area contributed by atoms with Crippen molar-refractivity contribution in [2.45, 2.75) is 63.3 Å². The van der Waals surface area contributed by atoms with Crippen molar-refractivity contribution in [3.63, 3.8) is 0 Å². The zero-order valence-corrected chi connectivity index (χ0v) is 9.15. The molecule has 0 amide bonds. The van der Waals surface area contributed by atoms with Crippen LogP contribution in [0.15, 0.2) is 0 Å². The molecule has 0 aromatic carbocycles. The summed E-state index contributed by atoms with van der Waals surface area (Å²) in [7, 11) is 0. The van der Waals surface area contributed by atoms with Gasteiger partial charge >= 0.3 is 0 Å². The third kappa shape index (κ3) is 1.81. The molecule has 86 valence electrons. The second-order valence-electron chi connectivity index (χ2n) is 5.52. The Morgan fingerprint density at radius 3 is 2.40 bits per heavy atom. The molecule has 1 N–H and O–H groups in total. The maximum atomic E-state index is 10.2. The van der Waals surface area contributed by atoms with E-state index in [1.54, 1.807) is 0 Å². The van der Waals surface area contributed by atoms with Crippen molar-refractivity contribution < 1.29 is 14.9 Å². The first-order valence-corrected chi connectivity index (χ1v) is 6.33. The fourth-order valence-electron chi connectivity index (χ4n) is 3.27. The minimum atomic E-state index is -0.942. The molecule has 4 rings (SSSR count). The van der Waals surface area contributed by atoms with Gasteiger partial charge in [0, 0.05) is 12.3 Å². The van der Waals surface area contributed by atoms with Gasteiger partial charge in [-0.3, -0.25) is 0 Å². The highest BCUT2D eigenvalue weighted by Crippen LogP contribution is 2.55. The van der Waals surface area contributed by atoms with Gasteiger partial charge < -0.3 is 5.11 Å². The van der Waals surface area contributed by atoms with Gasteiger partial charge in [0.15, 0.2) is 0 Å². The summed E-state index contributed by atoms with van der Waals surface area (Å²) in [6, 6.07) is 0. The lowest BCUT2D eigenvalue weighted by atomic mass is 9.84. The lowest BCUT2D eigenvalue weighted by Crippen LogP contribution is -2.37. The Morgan fingerprint density at radius 1 is 1.07 bits per heavy atom. The third-order valence-corrected chi connectivity index (χ3v) is 4.34. The molecule has 15 heavy (non-hydrogen) atoms. The van der Waals surface area contributed by atoms with E-state index in [9.17, 15) is 5.11 Å². The van der Waals surface area contributed by atoms with Gasteiger partial charge in [0.25, 0.3) is 0 Å². The molecule has 0 saturated heterocycles. The van der Waals surface area contributed by atoms with E-state index in [0.717, 1.165) is 32.1 Å². The normalized spacial score (nSPS) is 45.4. The lowest BCUT2D eigenvalue weighted by Gasteiger charge is -2.31. The molecule has 4 aliphatic carbocycles. The van der Waals surface area contributed by atoms with E-state index in [-0.39, 0.29) is 6.10 Å². The summed E-state index contributed by atoms with van der Waals surface area (Å²) in [5.41, 5.74) is 0. The molecule has 0 spiro atoms. The summed E-state index contributed by atoms with van der Waals surface area (Å²) < 4.78 is 0. The summed E-state index contributed by atoms with van der Waals surface area (Å²) in [6.45, 7) is 0. The van der Waals surface area contributed by atoms with Crippen LogP contribution in [-0.2, 0) is 9.78 Å². The summed E-state index contributed by atoms with van der Waals surface area (Å²) in [5, 5.41) is 10.2. The Bertz CT molecular complexity index is 231. The number of hydrogen-bond acceptors (Lipinski definition) is 3. The van der Waals surface area contributed by atoms with Crippen LogP contribution >= 0.6 is 0 Å². The van der Waals surface area contributed by atoms with Gasteiger partial charge in [-0.25, -0.2) is 9.78 Å². The summed E-state index contributed by atoms with van der Waals surface area (Å²) in [6.07, 6.45) is 9.22. The molecule has 1 unspecified atom stereocenters. The monoisotopic (exact) mass is 212 g/mol. The quantitative estimate of drug-likeness (QED) is 0.443. The molecule has 0 aromatic heterocycles. The molecule has 1 atom stereocenters. The Kier molecular flexibility index (Phi) is 2.49. The molecule has 0 aromatic rings. The van der Waals surface area contributed by atoms with Gasteiger partial charge in [0.05, 0.1) is 6.10 Å². The minimum absolute atomic E-state index is 0.223. The van der Waals surface area contributed by atoms with E-state index in [4.69, 9.17) is 9.78 Å². The first-order chi connectivity index (χ1) is 7.26. The molecule has 4 aliphatic rings. The Morgan fingerprint density at radius 2 is 1.80 bits per heavy atom. The first-order valence-electron chi connectivity index (χ1n) is 6.33. The number of fused-ring (bicyclic) bond motifs is 1. The van der Waals surface area contributed by atoms with E-state index >= 15 is 0 Å². The molecule has 3 nitrogen and oxygen atoms in total. The SMILES string of the molecule is OC1(OOC2CCCCC2)CC2CC1C2. The van der Waals surface area contributed by atoms with Crippen LogP contribution in [0.5, 0.6) is 0 Å². The predicted octanol–water partition coefficient (Wildman–Crippen LogP) is 2.39. The Hall–Kier alpha value is -0.120. The minimum Gasteiger partial charge on any atom is -0.363 e. The van der Waals surface area contributed by atoms with Gasteiger partial charge in [-0.2, -0.15) is 0 Å². The van der Waals surface area contributed by atoms with Crippen LogP contribution in [0.4, 0.5) is 0 Å². The molecule has 0 aliphatic heterocycles. The topological polar surface area (TPSA) is 38.7 Å². The second-order valence-corrected chi connectivity index (χ2v) is 5.52. The van der Waals surface area contributed by atoms with E-state index in [1.807, 2.05) is 0 Å². The van der Waals surface area contributed by atoms with E-state index in [1.165, 1.54) is 19.3 Å². The maximum absolute atomic E-state index is 10.2. The summed E-state index contributed by atoms with van der Waals surface area (Å²) in [5.74, 6) is 0.0864. The zero-order chi connectivity index (χ0) is 10.3. The van der Waals surface area contributed by atoms with Crippen LogP contribution in [0.1, 0.15) is 51.4 Å². The Balaban J connectivity index is 1.48. The van der Waals surface area contributed by atoms with Gasteiger partial charge in [-0.05, 0) is 31.6 Å². The molecule has 0 radical (unpaired) electrons.